The summed E-state index contributed by atoms with van der Waals surface area (Å²) in [4.78, 5) is 11.7. The van der Waals surface area contributed by atoms with Crippen molar-refractivity contribution in [2.45, 2.75) is 18.9 Å². The second-order valence-electron chi connectivity index (χ2n) is 3.99. The highest BCUT2D eigenvalue weighted by molar-refractivity contribution is 7.85. The molecule has 0 aliphatic carbocycles. The molecule has 2 saturated heterocycles. The van der Waals surface area contributed by atoms with Gasteiger partial charge in [-0.05, 0) is 19.4 Å². The SMILES string of the molecule is O=C(NC1CCS(=O)C1)[C@H]1CCNC1. The largest absolute Gasteiger partial charge is 0.352 e. The van der Waals surface area contributed by atoms with Crippen molar-refractivity contribution in [1.82, 2.24) is 10.6 Å². The van der Waals surface area contributed by atoms with Crippen molar-refractivity contribution in [1.29, 1.82) is 0 Å². The van der Waals surface area contributed by atoms with Gasteiger partial charge in [-0.1, -0.05) is 0 Å². The molecule has 2 aliphatic rings. The molecule has 0 bridgehead atoms. The highest BCUT2D eigenvalue weighted by Crippen LogP contribution is 2.11. The smallest absolute Gasteiger partial charge is 0.224 e. The zero-order valence-corrected chi connectivity index (χ0v) is 8.94. The molecule has 14 heavy (non-hydrogen) atoms. The Kier molecular flexibility index (Phi) is 3.18. The minimum absolute atomic E-state index is 0.129. The van der Waals surface area contributed by atoms with Crippen molar-refractivity contribution >= 4 is 16.7 Å². The Morgan fingerprint density at radius 3 is 2.86 bits per heavy atom. The molecule has 0 spiro atoms. The van der Waals surface area contributed by atoms with Crippen LogP contribution in [0, 0.1) is 5.92 Å². The molecule has 0 aromatic heterocycles. The molecule has 2 rings (SSSR count). The van der Waals surface area contributed by atoms with Gasteiger partial charge in [-0.25, -0.2) is 0 Å². The third-order valence-corrected chi connectivity index (χ3v) is 4.32. The molecule has 5 heteroatoms. The molecule has 1 amide bonds. The summed E-state index contributed by atoms with van der Waals surface area (Å²) < 4.78 is 11.1. The third kappa shape index (κ3) is 2.33. The molecule has 0 aromatic carbocycles. The average molecular weight is 216 g/mol. The van der Waals surface area contributed by atoms with Gasteiger partial charge in [-0.2, -0.15) is 0 Å². The summed E-state index contributed by atoms with van der Waals surface area (Å²) in [5.41, 5.74) is 0. The maximum absolute atomic E-state index is 11.7. The summed E-state index contributed by atoms with van der Waals surface area (Å²) >= 11 is 0. The van der Waals surface area contributed by atoms with Crippen molar-refractivity contribution < 1.29 is 9.00 Å². The number of hydrogen-bond donors (Lipinski definition) is 2. The highest BCUT2D eigenvalue weighted by atomic mass is 32.2. The van der Waals surface area contributed by atoms with Gasteiger partial charge < -0.3 is 10.6 Å². The number of amides is 1. The molecule has 0 radical (unpaired) electrons. The van der Waals surface area contributed by atoms with E-state index >= 15 is 0 Å². The van der Waals surface area contributed by atoms with Crippen LogP contribution in [0.5, 0.6) is 0 Å². The van der Waals surface area contributed by atoms with E-state index in [2.05, 4.69) is 10.6 Å². The Morgan fingerprint density at radius 2 is 2.29 bits per heavy atom. The molecule has 2 unspecified atom stereocenters. The molecule has 0 aromatic rings. The van der Waals surface area contributed by atoms with Crippen LogP contribution in [-0.2, 0) is 15.6 Å². The monoisotopic (exact) mass is 216 g/mol. The Hall–Kier alpha value is -0.420. The lowest BCUT2D eigenvalue weighted by Gasteiger charge is -2.14. The van der Waals surface area contributed by atoms with E-state index in [-0.39, 0.29) is 17.9 Å². The quantitative estimate of drug-likeness (QED) is 0.637. The van der Waals surface area contributed by atoms with E-state index in [0.717, 1.165) is 31.7 Å². The lowest BCUT2D eigenvalue weighted by Crippen LogP contribution is -2.39. The van der Waals surface area contributed by atoms with E-state index < -0.39 is 10.8 Å². The molecule has 3 atom stereocenters. The zero-order valence-electron chi connectivity index (χ0n) is 8.12. The summed E-state index contributed by atoms with van der Waals surface area (Å²) in [6.07, 6.45) is 1.81. The van der Waals surface area contributed by atoms with E-state index in [1.54, 1.807) is 0 Å². The van der Waals surface area contributed by atoms with Crippen molar-refractivity contribution in [3.05, 3.63) is 0 Å². The molecule has 2 N–H and O–H groups in total. The van der Waals surface area contributed by atoms with Gasteiger partial charge in [0.1, 0.15) is 0 Å². The molecule has 2 aliphatic heterocycles. The number of hydrogen-bond acceptors (Lipinski definition) is 3. The Balaban J connectivity index is 1.79. The van der Waals surface area contributed by atoms with Gasteiger partial charge in [0.25, 0.3) is 0 Å². The van der Waals surface area contributed by atoms with E-state index in [4.69, 9.17) is 0 Å². The summed E-state index contributed by atoms with van der Waals surface area (Å²) in [5.74, 6) is 1.66. The van der Waals surface area contributed by atoms with Gasteiger partial charge in [0.2, 0.25) is 5.91 Å². The molecule has 80 valence electrons. The van der Waals surface area contributed by atoms with Crippen LogP contribution in [0.2, 0.25) is 0 Å². The van der Waals surface area contributed by atoms with E-state index in [1.165, 1.54) is 0 Å². The molecular weight excluding hydrogens is 200 g/mol. The molecule has 0 saturated carbocycles. The van der Waals surface area contributed by atoms with Gasteiger partial charge in [0, 0.05) is 34.9 Å². The molecule has 4 nitrogen and oxygen atoms in total. The molecule has 2 heterocycles. The fraction of sp³-hybridized carbons (Fsp3) is 0.889. The number of nitrogens with one attached hydrogen (secondary N) is 2. The van der Waals surface area contributed by atoms with Crippen molar-refractivity contribution in [3.63, 3.8) is 0 Å². The first-order chi connectivity index (χ1) is 6.75. The van der Waals surface area contributed by atoms with Crippen LogP contribution >= 0.6 is 0 Å². The first-order valence-electron chi connectivity index (χ1n) is 5.12. The summed E-state index contributed by atoms with van der Waals surface area (Å²) in [5, 5.41) is 6.15. The minimum atomic E-state index is -0.701. The van der Waals surface area contributed by atoms with Crippen molar-refractivity contribution in [2.24, 2.45) is 5.92 Å². The lowest BCUT2D eigenvalue weighted by molar-refractivity contribution is -0.124. The summed E-state index contributed by atoms with van der Waals surface area (Å²) in [6.45, 7) is 1.73. The Labute approximate surface area is 86.3 Å². The Morgan fingerprint density at radius 1 is 1.43 bits per heavy atom. The van der Waals surface area contributed by atoms with Crippen LogP contribution in [0.4, 0.5) is 0 Å². The summed E-state index contributed by atoms with van der Waals surface area (Å²) in [6, 6.07) is 0.156. The van der Waals surface area contributed by atoms with E-state index in [1.807, 2.05) is 0 Å². The fourth-order valence-corrected chi connectivity index (χ4v) is 3.39. The van der Waals surface area contributed by atoms with E-state index in [0.29, 0.717) is 5.75 Å². The van der Waals surface area contributed by atoms with Crippen LogP contribution in [-0.4, -0.2) is 40.8 Å². The van der Waals surface area contributed by atoms with Crippen molar-refractivity contribution in [3.8, 4) is 0 Å². The molecular formula is C9H16N2O2S. The predicted octanol–water partition coefficient (Wildman–Crippen LogP) is -0.767. The van der Waals surface area contributed by atoms with Crippen LogP contribution in [0.3, 0.4) is 0 Å². The van der Waals surface area contributed by atoms with Gasteiger partial charge in [0.05, 0.1) is 5.92 Å². The van der Waals surface area contributed by atoms with Crippen LogP contribution in [0.25, 0.3) is 0 Å². The highest BCUT2D eigenvalue weighted by Gasteiger charge is 2.27. The third-order valence-electron chi connectivity index (χ3n) is 2.86. The van der Waals surface area contributed by atoms with Gasteiger partial charge in [0.15, 0.2) is 0 Å². The number of carbonyl (C=O) groups is 1. The van der Waals surface area contributed by atoms with Gasteiger partial charge >= 0.3 is 0 Å². The van der Waals surface area contributed by atoms with Crippen LogP contribution in [0.1, 0.15) is 12.8 Å². The fourth-order valence-electron chi connectivity index (χ4n) is 1.98. The predicted molar refractivity (Wildman–Crippen MR) is 55.4 cm³/mol. The first kappa shape index (κ1) is 10.1. The van der Waals surface area contributed by atoms with Crippen LogP contribution < -0.4 is 10.6 Å². The maximum atomic E-state index is 11.7. The van der Waals surface area contributed by atoms with Gasteiger partial charge in [-0.3, -0.25) is 9.00 Å². The summed E-state index contributed by atoms with van der Waals surface area (Å²) in [7, 11) is -0.701. The first-order valence-corrected chi connectivity index (χ1v) is 6.60. The number of carbonyl (C=O) groups excluding carboxylic acids is 1. The molecule has 2 fully saturated rings. The van der Waals surface area contributed by atoms with E-state index in [9.17, 15) is 9.00 Å². The standard InChI is InChI=1S/C9H16N2O2S/c12-9(7-1-3-10-5-7)11-8-2-4-14(13)6-8/h7-8,10H,1-6H2,(H,11,12)/t7-,8?,14?/m0/s1. The number of rotatable bonds is 2. The van der Waals surface area contributed by atoms with Crippen LogP contribution in [0.15, 0.2) is 0 Å². The topological polar surface area (TPSA) is 58.2 Å². The minimum Gasteiger partial charge on any atom is -0.352 e. The maximum Gasteiger partial charge on any atom is 0.224 e. The second kappa shape index (κ2) is 4.40. The Bertz CT molecular complexity index is 251. The van der Waals surface area contributed by atoms with Gasteiger partial charge in [-0.15, -0.1) is 0 Å². The van der Waals surface area contributed by atoms with Crippen molar-refractivity contribution in [2.75, 3.05) is 24.6 Å². The zero-order chi connectivity index (χ0) is 9.97. The lowest BCUT2D eigenvalue weighted by atomic mass is 10.1. The second-order valence-corrected chi connectivity index (χ2v) is 5.62. The normalized spacial score (nSPS) is 37.3. The average Bonchev–Trinajstić information content (AvgIpc) is 2.75.